The molecule has 0 aliphatic carbocycles. The molecule has 2 heteroatoms. The van der Waals surface area contributed by atoms with Crippen LogP contribution in [-0.4, -0.2) is 22.9 Å². The van der Waals surface area contributed by atoms with Crippen LogP contribution in [0, 0.1) is 0 Å². The second-order valence-electron chi connectivity index (χ2n) is 2.11. The van der Waals surface area contributed by atoms with E-state index in [0.29, 0.717) is 0 Å². The van der Waals surface area contributed by atoms with Crippen LogP contribution in [0.5, 0.6) is 0 Å². The van der Waals surface area contributed by atoms with Gasteiger partial charge in [-0.25, -0.2) is 0 Å². The molecule has 1 aliphatic heterocycles. The van der Waals surface area contributed by atoms with Gasteiger partial charge in [0.25, 0.3) is 0 Å². The summed E-state index contributed by atoms with van der Waals surface area (Å²) in [6.45, 7) is 4.39. The molecule has 0 spiro atoms. The summed E-state index contributed by atoms with van der Waals surface area (Å²) in [4.78, 5) is 0. The molecule has 0 saturated carbocycles. The topological polar surface area (TPSA) is 23.5 Å². The Labute approximate surface area is 49.4 Å². The first-order valence-corrected chi connectivity index (χ1v) is 2.92. The van der Waals surface area contributed by atoms with Crippen LogP contribution in [0.2, 0.25) is 0 Å². The summed E-state index contributed by atoms with van der Waals surface area (Å²) in [5, 5.41) is 10.3. The van der Waals surface area contributed by atoms with E-state index >= 15 is 0 Å². The predicted octanol–water partition coefficient (Wildman–Crippen LogP) is 1.03. The van der Waals surface area contributed by atoms with Crippen molar-refractivity contribution in [2.45, 2.75) is 18.9 Å². The molecule has 0 amide bonds. The molecule has 1 rings (SSSR count). The van der Waals surface area contributed by atoms with Crippen molar-refractivity contribution in [2.75, 3.05) is 6.54 Å². The van der Waals surface area contributed by atoms with Gasteiger partial charge in [-0.1, -0.05) is 6.08 Å². The minimum atomic E-state index is 0.218. The summed E-state index contributed by atoms with van der Waals surface area (Å²) in [5.74, 6) is 0. The SMILES string of the molecule is C=CC1CCCN1O. The lowest BCUT2D eigenvalue weighted by molar-refractivity contribution is -0.0891. The number of nitrogens with zero attached hydrogens (tertiary/aromatic N) is 1. The van der Waals surface area contributed by atoms with Crippen LogP contribution >= 0.6 is 0 Å². The lowest BCUT2D eigenvalue weighted by Gasteiger charge is -2.11. The molecular weight excluding hydrogens is 102 g/mol. The number of hydrogen-bond donors (Lipinski definition) is 1. The smallest absolute Gasteiger partial charge is 0.0528 e. The Morgan fingerprint density at radius 1 is 1.75 bits per heavy atom. The standard InChI is InChI=1S/C6H11NO/c1-2-6-4-3-5-7(6)8/h2,6,8H,1,3-5H2. The van der Waals surface area contributed by atoms with Gasteiger partial charge in [0.15, 0.2) is 0 Å². The van der Waals surface area contributed by atoms with Gasteiger partial charge in [0.2, 0.25) is 0 Å². The summed E-state index contributed by atoms with van der Waals surface area (Å²) in [6.07, 6.45) is 3.93. The van der Waals surface area contributed by atoms with E-state index in [4.69, 9.17) is 5.21 Å². The van der Waals surface area contributed by atoms with E-state index in [1.807, 2.05) is 0 Å². The van der Waals surface area contributed by atoms with E-state index in [2.05, 4.69) is 6.58 Å². The molecule has 1 unspecified atom stereocenters. The molecule has 1 heterocycles. The Morgan fingerprint density at radius 2 is 2.50 bits per heavy atom. The summed E-state index contributed by atoms with van der Waals surface area (Å²) < 4.78 is 0. The molecule has 1 atom stereocenters. The fraction of sp³-hybridized carbons (Fsp3) is 0.667. The fourth-order valence-electron chi connectivity index (χ4n) is 1.02. The molecule has 1 saturated heterocycles. The largest absolute Gasteiger partial charge is 0.313 e. The van der Waals surface area contributed by atoms with Crippen LogP contribution in [0.15, 0.2) is 12.7 Å². The normalized spacial score (nSPS) is 30.9. The molecule has 0 aromatic rings. The molecule has 0 aromatic heterocycles. The van der Waals surface area contributed by atoms with Crippen molar-refractivity contribution in [1.29, 1.82) is 0 Å². The van der Waals surface area contributed by atoms with Gasteiger partial charge in [-0.3, -0.25) is 0 Å². The summed E-state index contributed by atoms with van der Waals surface area (Å²) >= 11 is 0. The van der Waals surface area contributed by atoms with E-state index in [9.17, 15) is 0 Å². The maximum absolute atomic E-state index is 8.95. The summed E-state index contributed by atoms with van der Waals surface area (Å²) in [7, 11) is 0. The monoisotopic (exact) mass is 113 g/mol. The van der Waals surface area contributed by atoms with Crippen molar-refractivity contribution < 1.29 is 5.21 Å². The molecule has 46 valence electrons. The summed E-state index contributed by atoms with van der Waals surface area (Å²) in [6, 6.07) is 0.218. The molecule has 1 N–H and O–H groups in total. The van der Waals surface area contributed by atoms with Crippen LogP contribution < -0.4 is 0 Å². The fourth-order valence-corrected chi connectivity index (χ4v) is 1.02. The molecule has 2 nitrogen and oxygen atoms in total. The highest BCUT2D eigenvalue weighted by atomic mass is 16.5. The second kappa shape index (κ2) is 2.29. The van der Waals surface area contributed by atoms with Crippen molar-refractivity contribution in [1.82, 2.24) is 5.06 Å². The first kappa shape index (κ1) is 5.79. The maximum atomic E-state index is 8.95. The van der Waals surface area contributed by atoms with Gasteiger partial charge in [-0.15, -0.1) is 6.58 Å². The molecular formula is C6H11NO. The predicted molar refractivity (Wildman–Crippen MR) is 31.7 cm³/mol. The first-order chi connectivity index (χ1) is 3.84. The van der Waals surface area contributed by atoms with Crippen molar-refractivity contribution in [2.24, 2.45) is 0 Å². The first-order valence-electron chi connectivity index (χ1n) is 2.92. The van der Waals surface area contributed by atoms with Gasteiger partial charge < -0.3 is 5.21 Å². The van der Waals surface area contributed by atoms with Gasteiger partial charge in [-0.2, -0.15) is 5.06 Å². The van der Waals surface area contributed by atoms with Crippen LogP contribution in [0.25, 0.3) is 0 Å². The average molecular weight is 113 g/mol. The quantitative estimate of drug-likeness (QED) is 0.513. The van der Waals surface area contributed by atoms with Crippen molar-refractivity contribution in [3.8, 4) is 0 Å². The van der Waals surface area contributed by atoms with Gasteiger partial charge in [0.1, 0.15) is 0 Å². The van der Waals surface area contributed by atoms with E-state index in [-0.39, 0.29) is 6.04 Å². The molecule has 0 bridgehead atoms. The van der Waals surface area contributed by atoms with Crippen LogP contribution in [0.1, 0.15) is 12.8 Å². The van der Waals surface area contributed by atoms with Crippen molar-refractivity contribution in [3.63, 3.8) is 0 Å². The third-order valence-electron chi connectivity index (χ3n) is 1.54. The maximum Gasteiger partial charge on any atom is 0.0528 e. The highest BCUT2D eigenvalue weighted by Gasteiger charge is 2.18. The molecule has 1 aliphatic rings. The highest BCUT2D eigenvalue weighted by molar-refractivity contribution is 4.88. The van der Waals surface area contributed by atoms with Crippen LogP contribution in [-0.2, 0) is 0 Å². The Bertz CT molecular complexity index is 92.5. The molecule has 0 radical (unpaired) electrons. The van der Waals surface area contributed by atoms with Crippen LogP contribution in [0.4, 0.5) is 0 Å². The van der Waals surface area contributed by atoms with Gasteiger partial charge >= 0.3 is 0 Å². The van der Waals surface area contributed by atoms with Gasteiger partial charge in [-0.05, 0) is 12.8 Å². The lowest BCUT2D eigenvalue weighted by atomic mass is 10.2. The Morgan fingerprint density at radius 3 is 2.75 bits per heavy atom. The summed E-state index contributed by atoms with van der Waals surface area (Å²) in [5.41, 5.74) is 0. The number of rotatable bonds is 1. The number of hydrogen-bond acceptors (Lipinski definition) is 2. The molecule has 1 fully saturated rings. The zero-order valence-corrected chi connectivity index (χ0v) is 4.88. The third kappa shape index (κ3) is 0.904. The number of hydroxylamine groups is 2. The Balaban J connectivity index is 2.41. The third-order valence-corrected chi connectivity index (χ3v) is 1.54. The average Bonchev–Trinajstić information content (AvgIpc) is 2.14. The lowest BCUT2D eigenvalue weighted by Crippen LogP contribution is -2.22. The van der Waals surface area contributed by atoms with Crippen molar-refractivity contribution >= 4 is 0 Å². The van der Waals surface area contributed by atoms with E-state index in [1.54, 1.807) is 6.08 Å². The second-order valence-corrected chi connectivity index (χ2v) is 2.11. The molecule has 0 aromatic carbocycles. The Kier molecular flexibility index (Phi) is 1.65. The zero-order chi connectivity index (χ0) is 5.98. The van der Waals surface area contributed by atoms with Gasteiger partial charge in [0, 0.05) is 6.54 Å². The molecule has 8 heavy (non-hydrogen) atoms. The minimum absolute atomic E-state index is 0.218. The zero-order valence-electron chi connectivity index (χ0n) is 4.88. The van der Waals surface area contributed by atoms with E-state index in [1.165, 1.54) is 5.06 Å². The van der Waals surface area contributed by atoms with E-state index < -0.39 is 0 Å². The highest BCUT2D eigenvalue weighted by Crippen LogP contribution is 2.13. The minimum Gasteiger partial charge on any atom is -0.313 e. The van der Waals surface area contributed by atoms with Crippen molar-refractivity contribution in [3.05, 3.63) is 12.7 Å². The van der Waals surface area contributed by atoms with Gasteiger partial charge in [0.05, 0.1) is 6.04 Å². The Hall–Kier alpha value is -0.340. The van der Waals surface area contributed by atoms with E-state index in [0.717, 1.165) is 19.4 Å². The van der Waals surface area contributed by atoms with Crippen LogP contribution in [0.3, 0.4) is 0 Å².